The molecule has 1 saturated carbocycles. The molecule has 2 heterocycles. The number of aliphatic hydroxyl groups is 2. The lowest BCUT2D eigenvalue weighted by molar-refractivity contribution is -0.163. The number of benzene rings is 3. The monoisotopic (exact) mass is 795 g/mol. The fraction of sp³-hybridized carbons (Fsp3) is 0.410. The summed E-state index contributed by atoms with van der Waals surface area (Å²) >= 11 is 3.38. The van der Waals surface area contributed by atoms with Gasteiger partial charge in [0, 0.05) is 36.8 Å². The largest absolute Gasteiger partial charge is 0.497 e. The Hall–Kier alpha value is -4.50. The summed E-state index contributed by atoms with van der Waals surface area (Å²) in [5.41, 5.74) is 3.30. The Bertz CT molecular complexity index is 1820. The number of aliphatic carboxylic acids is 1. The number of halogens is 2. The second kappa shape index (κ2) is 17.1. The van der Waals surface area contributed by atoms with Crippen LogP contribution in [0.3, 0.4) is 0 Å². The van der Waals surface area contributed by atoms with E-state index in [1.807, 2.05) is 29.2 Å². The van der Waals surface area contributed by atoms with Gasteiger partial charge in [0.1, 0.15) is 29.7 Å². The van der Waals surface area contributed by atoms with Crippen molar-refractivity contribution < 1.29 is 48.3 Å². The molecule has 1 aliphatic carbocycles. The third-order valence-corrected chi connectivity index (χ3v) is 10.4. The lowest BCUT2D eigenvalue weighted by Crippen LogP contribution is -2.64. The van der Waals surface area contributed by atoms with Crippen molar-refractivity contribution in [2.75, 3.05) is 40.0 Å². The average Bonchev–Trinajstić information content (AvgIpc) is 4.01. The molecule has 282 valence electrons. The molecular weight excluding hydrogens is 753 g/mol. The number of nitrogens with one attached hydrogen (secondary N) is 1. The van der Waals surface area contributed by atoms with Crippen LogP contribution in [0.2, 0.25) is 0 Å². The lowest BCUT2D eigenvalue weighted by Gasteiger charge is -2.45. The van der Waals surface area contributed by atoms with E-state index in [-0.39, 0.29) is 43.5 Å². The molecule has 3 aromatic rings. The first-order valence-electron chi connectivity index (χ1n) is 17.6. The third-order valence-electron chi connectivity index (χ3n) is 9.72. The van der Waals surface area contributed by atoms with Gasteiger partial charge in [0.25, 0.3) is 11.8 Å². The van der Waals surface area contributed by atoms with Crippen LogP contribution < -0.4 is 19.5 Å². The molecule has 53 heavy (non-hydrogen) atoms. The van der Waals surface area contributed by atoms with Gasteiger partial charge in [-0.25, -0.2) is 9.18 Å². The van der Waals surface area contributed by atoms with E-state index in [1.54, 1.807) is 37.4 Å². The molecule has 1 saturated heterocycles. The molecule has 2 aliphatic heterocycles. The minimum atomic E-state index is -2.27. The fourth-order valence-corrected chi connectivity index (χ4v) is 7.21. The number of aryl methyl sites for hydroxylation is 1. The normalized spacial score (nSPS) is 19.3. The van der Waals surface area contributed by atoms with Crippen molar-refractivity contribution in [1.82, 2.24) is 15.1 Å². The summed E-state index contributed by atoms with van der Waals surface area (Å²) in [7, 11) is 1.59. The summed E-state index contributed by atoms with van der Waals surface area (Å²) in [6, 6.07) is 18.7. The van der Waals surface area contributed by atoms with Gasteiger partial charge in [-0.2, -0.15) is 0 Å². The molecule has 2 amide bonds. The smallest absolute Gasteiger partial charge is 0.335 e. The van der Waals surface area contributed by atoms with E-state index < -0.39 is 30.1 Å². The van der Waals surface area contributed by atoms with E-state index in [2.05, 4.69) is 21.2 Å². The summed E-state index contributed by atoms with van der Waals surface area (Å²) in [6.07, 6.45) is -0.879. The zero-order valence-corrected chi connectivity index (χ0v) is 30.8. The number of nitrogens with zero attached hydrogens (tertiary/aromatic N) is 2. The van der Waals surface area contributed by atoms with Crippen LogP contribution in [0.15, 0.2) is 76.8 Å². The van der Waals surface area contributed by atoms with Gasteiger partial charge in [0.2, 0.25) is 0 Å². The van der Waals surface area contributed by atoms with E-state index in [1.165, 1.54) is 17.0 Å². The van der Waals surface area contributed by atoms with Crippen molar-refractivity contribution in [2.24, 2.45) is 0 Å². The van der Waals surface area contributed by atoms with E-state index in [0.717, 1.165) is 36.0 Å². The molecule has 4 N–H and O–H groups in total. The zero-order valence-electron chi connectivity index (χ0n) is 29.3. The van der Waals surface area contributed by atoms with E-state index in [9.17, 15) is 34.1 Å². The van der Waals surface area contributed by atoms with Crippen LogP contribution in [0.5, 0.6) is 17.2 Å². The standard InChI is InChI=1S/C39H43BrFN3O9/c1-51-28-11-13-29(14-12-28)52-18-16-44(27-9-10-27)37(47)34-30(20-26-21-43(22-32(34)42-26)38(48)35(45)36(46)39(49)50)24-6-4-23(5-7-24)3-2-17-53-33-19-25(41)8-15-31(33)40/h4-8,11-15,19,26-27,32,35-36,42,45-46H,2-3,9-10,16-18,20-22H2,1H3,(H,49,50)/t26-,32-,35+,36+/m1/s1. The van der Waals surface area contributed by atoms with E-state index in [4.69, 9.17) is 14.2 Å². The Labute approximate surface area is 315 Å². The van der Waals surface area contributed by atoms with Crippen LogP contribution in [0, 0.1) is 5.82 Å². The summed E-state index contributed by atoms with van der Waals surface area (Å²) in [4.78, 5) is 42.3. The van der Waals surface area contributed by atoms with Crippen LogP contribution in [0.1, 0.15) is 36.8 Å². The maximum absolute atomic E-state index is 14.6. The number of amides is 2. The van der Waals surface area contributed by atoms with Gasteiger partial charge in [-0.3, -0.25) is 9.59 Å². The molecule has 4 atom stereocenters. The Morgan fingerprint density at radius 2 is 1.68 bits per heavy atom. The third kappa shape index (κ3) is 9.36. The molecule has 3 aliphatic rings. The van der Waals surface area contributed by atoms with Crippen molar-refractivity contribution in [3.63, 3.8) is 0 Å². The molecule has 0 spiro atoms. The minimum Gasteiger partial charge on any atom is -0.497 e. The first-order valence-corrected chi connectivity index (χ1v) is 18.4. The predicted molar refractivity (Wildman–Crippen MR) is 196 cm³/mol. The van der Waals surface area contributed by atoms with Crippen molar-refractivity contribution in [1.29, 1.82) is 0 Å². The number of methoxy groups -OCH3 is 1. The lowest BCUT2D eigenvalue weighted by atomic mass is 9.82. The highest BCUT2D eigenvalue weighted by molar-refractivity contribution is 9.10. The van der Waals surface area contributed by atoms with Crippen LogP contribution in [0.4, 0.5) is 4.39 Å². The predicted octanol–water partition coefficient (Wildman–Crippen LogP) is 3.81. The summed E-state index contributed by atoms with van der Waals surface area (Å²) in [5, 5.41) is 32.9. The number of aliphatic hydroxyl groups excluding tert-OH is 2. The van der Waals surface area contributed by atoms with E-state index in [0.29, 0.717) is 53.3 Å². The second-order valence-electron chi connectivity index (χ2n) is 13.5. The molecule has 0 unspecified atom stereocenters. The number of carboxylic acids is 1. The van der Waals surface area contributed by atoms with Gasteiger partial charge in [0.15, 0.2) is 12.2 Å². The van der Waals surface area contributed by atoms with Gasteiger partial charge in [-0.15, -0.1) is 0 Å². The number of carbonyl (C=O) groups is 3. The highest BCUT2D eigenvalue weighted by Gasteiger charge is 2.45. The quantitative estimate of drug-likeness (QED) is 0.157. The molecular formula is C39H43BrFN3O9. The maximum atomic E-state index is 14.6. The minimum absolute atomic E-state index is 0.00364. The highest BCUT2D eigenvalue weighted by Crippen LogP contribution is 2.37. The van der Waals surface area contributed by atoms with Crippen LogP contribution >= 0.6 is 15.9 Å². The molecule has 14 heteroatoms. The number of hydrogen-bond donors (Lipinski definition) is 4. The highest BCUT2D eigenvalue weighted by atomic mass is 79.9. The first-order chi connectivity index (χ1) is 25.5. The number of carboxylic acid groups (broad SMARTS) is 1. The van der Waals surface area contributed by atoms with Crippen molar-refractivity contribution in [3.05, 3.63) is 93.7 Å². The molecule has 2 fully saturated rings. The Balaban J connectivity index is 1.21. The molecule has 12 nitrogen and oxygen atoms in total. The van der Waals surface area contributed by atoms with Gasteiger partial charge < -0.3 is 44.6 Å². The van der Waals surface area contributed by atoms with Crippen molar-refractivity contribution in [3.8, 4) is 17.2 Å². The van der Waals surface area contributed by atoms with Gasteiger partial charge >= 0.3 is 5.97 Å². The molecule has 0 aromatic heterocycles. The Morgan fingerprint density at radius 3 is 2.36 bits per heavy atom. The van der Waals surface area contributed by atoms with Crippen LogP contribution in [-0.2, 0) is 20.8 Å². The van der Waals surface area contributed by atoms with Crippen molar-refractivity contribution in [2.45, 2.75) is 62.4 Å². The average molecular weight is 797 g/mol. The summed E-state index contributed by atoms with van der Waals surface area (Å²) in [6.45, 7) is 1.16. The zero-order chi connectivity index (χ0) is 37.6. The summed E-state index contributed by atoms with van der Waals surface area (Å²) < 4.78 is 31.3. The van der Waals surface area contributed by atoms with Gasteiger partial charge in [0.05, 0.1) is 30.8 Å². The Morgan fingerprint density at radius 1 is 0.962 bits per heavy atom. The second-order valence-corrected chi connectivity index (χ2v) is 14.3. The van der Waals surface area contributed by atoms with E-state index >= 15 is 0 Å². The molecule has 3 aromatic carbocycles. The number of ether oxygens (including phenoxy) is 3. The van der Waals surface area contributed by atoms with Crippen molar-refractivity contribution >= 4 is 39.3 Å². The molecule has 6 rings (SSSR count). The SMILES string of the molecule is COc1ccc(OCCN(C(=O)C2=C(c3ccc(CCCOc4cc(F)ccc4Br)cc3)C[C@@H]3CN(C(=O)[C@@H](O)[C@H](O)C(=O)O)C[C@H]2N3)C2CC2)cc1. The molecule has 2 bridgehead atoms. The Kier molecular flexibility index (Phi) is 12.3. The molecule has 0 radical (unpaired) electrons. The number of piperazine rings is 1. The maximum Gasteiger partial charge on any atom is 0.335 e. The van der Waals surface area contributed by atoms with Gasteiger partial charge in [-0.05, 0) is 101 Å². The fourth-order valence-electron chi connectivity index (χ4n) is 6.85. The number of carbonyl (C=O) groups excluding carboxylic acids is 2. The number of rotatable bonds is 16. The van der Waals surface area contributed by atoms with Crippen LogP contribution in [-0.4, -0.2) is 113 Å². The van der Waals surface area contributed by atoms with Crippen LogP contribution in [0.25, 0.3) is 5.57 Å². The first kappa shape index (κ1) is 38.2. The number of hydrogen-bond acceptors (Lipinski definition) is 9. The van der Waals surface area contributed by atoms with Gasteiger partial charge in [-0.1, -0.05) is 24.3 Å². The number of fused-ring (bicyclic) bond motifs is 2. The topological polar surface area (TPSA) is 158 Å². The summed E-state index contributed by atoms with van der Waals surface area (Å²) in [5.74, 6) is -1.36.